The first-order chi connectivity index (χ1) is 8.86. The minimum absolute atomic E-state index is 0.347. The lowest BCUT2D eigenvalue weighted by molar-refractivity contribution is -0.112. The molecule has 0 aromatic carbocycles. The number of likely N-dealkylation sites (tertiary alicyclic amines) is 1. The summed E-state index contributed by atoms with van der Waals surface area (Å²) in [5, 5.41) is 0. The van der Waals surface area contributed by atoms with Crippen LogP contribution in [0.1, 0.15) is 71.1 Å². The van der Waals surface area contributed by atoms with E-state index in [-0.39, 0.29) is 0 Å². The zero-order valence-electron chi connectivity index (χ0n) is 12.2. The molecule has 0 bridgehead atoms. The van der Waals surface area contributed by atoms with Gasteiger partial charge in [0.25, 0.3) is 0 Å². The van der Waals surface area contributed by atoms with Gasteiger partial charge in [0.2, 0.25) is 0 Å². The summed E-state index contributed by atoms with van der Waals surface area (Å²) in [7, 11) is 0. The van der Waals surface area contributed by atoms with Gasteiger partial charge in [0.05, 0.1) is 0 Å². The Balaban J connectivity index is 1.85. The molecular formula is C16H31NO. The van der Waals surface area contributed by atoms with Gasteiger partial charge in [0.15, 0.2) is 0 Å². The van der Waals surface area contributed by atoms with E-state index in [1.54, 1.807) is 0 Å². The van der Waals surface area contributed by atoms with E-state index in [4.69, 9.17) is 0 Å². The average molecular weight is 253 g/mol. The highest BCUT2D eigenvalue weighted by Gasteiger charge is 2.17. The third-order valence-electron chi connectivity index (χ3n) is 4.15. The van der Waals surface area contributed by atoms with Crippen molar-refractivity contribution >= 4 is 6.29 Å². The molecule has 2 nitrogen and oxygen atoms in total. The fraction of sp³-hybridized carbons (Fsp3) is 0.938. The summed E-state index contributed by atoms with van der Waals surface area (Å²) in [5.41, 5.74) is 0. The van der Waals surface area contributed by atoms with Crippen molar-refractivity contribution in [2.75, 3.05) is 19.6 Å². The molecule has 0 unspecified atom stereocenters. The third kappa shape index (κ3) is 7.15. The molecule has 2 heteroatoms. The monoisotopic (exact) mass is 253 g/mol. The van der Waals surface area contributed by atoms with Gasteiger partial charge < -0.3 is 9.69 Å². The third-order valence-corrected chi connectivity index (χ3v) is 4.15. The summed E-state index contributed by atoms with van der Waals surface area (Å²) in [4.78, 5) is 13.2. The molecule has 1 heterocycles. The van der Waals surface area contributed by atoms with Crippen LogP contribution in [0.15, 0.2) is 0 Å². The standard InChI is InChI=1S/C16H31NO/c1-2-3-4-5-6-7-8-9-12-17-13-10-16(15-18)11-14-17/h15-16H,2-14H2,1H3. The number of rotatable bonds is 10. The Morgan fingerprint density at radius 3 is 2.06 bits per heavy atom. The van der Waals surface area contributed by atoms with Crippen LogP contribution in [0.25, 0.3) is 0 Å². The second-order valence-electron chi connectivity index (χ2n) is 5.79. The average Bonchev–Trinajstić information content (AvgIpc) is 2.42. The summed E-state index contributed by atoms with van der Waals surface area (Å²) in [6.07, 6.45) is 14.5. The van der Waals surface area contributed by atoms with E-state index in [9.17, 15) is 4.79 Å². The van der Waals surface area contributed by atoms with Crippen molar-refractivity contribution in [3.8, 4) is 0 Å². The van der Waals surface area contributed by atoms with Crippen LogP contribution < -0.4 is 0 Å². The van der Waals surface area contributed by atoms with Gasteiger partial charge in [-0.05, 0) is 38.9 Å². The maximum absolute atomic E-state index is 10.7. The Morgan fingerprint density at radius 1 is 0.944 bits per heavy atom. The van der Waals surface area contributed by atoms with Crippen LogP contribution >= 0.6 is 0 Å². The van der Waals surface area contributed by atoms with E-state index >= 15 is 0 Å². The summed E-state index contributed by atoms with van der Waals surface area (Å²) in [6, 6.07) is 0. The first-order valence-electron chi connectivity index (χ1n) is 8.04. The lowest BCUT2D eigenvalue weighted by Crippen LogP contribution is -2.34. The van der Waals surface area contributed by atoms with Crippen LogP contribution in [-0.2, 0) is 4.79 Å². The van der Waals surface area contributed by atoms with Crippen molar-refractivity contribution < 1.29 is 4.79 Å². The molecule has 0 atom stereocenters. The Hall–Kier alpha value is -0.370. The van der Waals surface area contributed by atoms with Crippen LogP contribution in [0, 0.1) is 5.92 Å². The quantitative estimate of drug-likeness (QED) is 0.432. The molecule has 0 spiro atoms. The van der Waals surface area contributed by atoms with Crippen molar-refractivity contribution in [3.63, 3.8) is 0 Å². The maximum Gasteiger partial charge on any atom is 0.123 e. The van der Waals surface area contributed by atoms with Gasteiger partial charge in [0.1, 0.15) is 6.29 Å². The highest BCUT2D eigenvalue weighted by Crippen LogP contribution is 2.16. The van der Waals surface area contributed by atoms with Crippen LogP contribution in [0.3, 0.4) is 0 Å². The first kappa shape index (κ1) is 15.7. The molecule has 0 radical (unpaired) electrons. The summed E-state index contributed by atoms with van der Waals surface area (Å²) in [5.74, 6) is 0.347. The van der Waals surface area contributed by atoms with Gasteiger partial charge in [-0.15, -0.1) is 0 Å². The molecule has 0 aromatic rings. The molecule has 106 valence electrons. The predicted octanol–water partition coefficient (Wildman–Crippen LogP) is 4.04. The Labute approximate surface area is 113 Å². The van der Waals surface area contributed by atoms with E-state index in [1.807, 2.05) is 0 Å². The molecule has 1 rings (SSSR count). The minimum Gasteiger partial charge on any atom is -0.303 e. The lowest BCUT2D eigenvalue weighted by Gasteiger charge is -2.29. The Kier molecular flexibility index (Phi) is 9.19. The van der Waals surface area contributed by atoms with Gasteiger partial charge in [-0.1, -0.05) is 51.9 Å². The molecule has 18 heavy (non-hydrogen) atoms. The SMILES string of the molecule is CCCCCCCCCCN1CCC(C=O)CC1. The maximum atomic E-state index is 10.7. The molecule has 0 aliphatic carbocycles. The van der Waals surface area contributed by atoms with E-state index in [2.05, 4.69) is 11.8 Å². The fourth-order valence-corrected chi connectivity index (χ4v) is 2.78. The van der Waals surface area contributed by atoms with E-state index in [0.717, 1.165) is 32.2 Å². The minimum atomic E-state index is 0.347. The number of carbonyl (C=O) groups is 1. The largest absolute Gasteiger partial charge is 0.303 e. The normalized spacial score (nSPS) is 18.1. The van der Waals surface area contributed by atoms with Crippen molar-refractivity contribution in [1.82, 2.24) is 4.90 Å². The number of hydrogen-bond acceptors (Lipinski definition) is 2. The van der Waals surface area contributed by atoms with E-state index in [1.165, 1.54) is 57.9 Å². The summed E-state index contributed by atoms with van der Waals surface area (Å²) < 4.78 is 0. The molecule has 1 aliphatic rings. The van der Waals surface area contributed by atoms with Crippen molar-refractivity contribution in [1.29, 1.82) is 0 Å². The number of piperidine rings is 1. The fourth-order valence-electron chi connectivity index (χ4n) is 2.78. The molecule has 0 saturated carbocycles. The van der Waals surface area contributed by atoms with Gasteiger partial charge in [-0.2, -0.15) is 0 Å². The molecule has 0 N–H and O–H groups in total. The zero-order chi connectivity index (χ0) is 13.1. The lowest BCUT2D eigenvalue weighted by atomic mass is 9.98. The number of aldehydes is 1. The van der Waals surface area contributed by atoms with Gasteiger partial charge in [-0.25, -0.2) is 0 Å². The molecular weight excluding hydrogens is 222 g/mol. The predicted molar refractivity (Wildman–Crippen MR) is 77.8 cm³/mol. The summed E-state index contributed by atoms with van der Waals surface area (Å²) in [6.45, 7) is 5.80. The molecule has 0 aromatic heterocycles. The van der Waals surface area contributed by atoms with Crippen LogP contribution in [0.2, 0.25) is 0 Å². The highest BCUT2D eigenvalue weighted by atomic mass is 16.1. The van der Waals surface area contributed by atoms with Crippen molar-refractivity contribution in [2.24, 2.45) is 5.92 Å². The van der Waals surface area contributed by atoms with Crippen LogP contribution in [0.4, 0.5) is 0 Å². The Bertz CT molecular complexity index is 197. The van der Waals surface area contributed by atoms with Crippen molar-refractivity contribution in [2.45, 2.75) is 71.1 Å². The molecule has 1 fully saturated rings. The first-order valence-corrected chi connectivity index (χ1v) is 8.04. The van der Waals surface area contributed by atoms with E-state index < -0.39 is 0 Å². The van der Waals surface area contributed by atoms with E-state index in [0.29, 0.717) is 5.92 Å². The number of nitrogens with zero attached hydrogens (tertiary/aromatic N) is 1. The van der Waals surface area contributed by atoms with Crippen LogP contribution in [0.5, 0.6) is 0 Å². The van der Waals surface area contributed by atoms with Crippen LogP contribution in [-0.4, -0.2) is 30.8 Å². The van der Waals surface area contributed by atoms with Gasteiger partial charge in [0, 0.05) is 5.92 Å². The van der Waals surface area contributed by atoms with Crippen molar-refractivity contribution in [3.05, 3.63) is 0 Å². The zero-order valence-corrected chi connectivity index (χ0v) is 12.2. The molecule has 1 aliphatic heterocycles. The number of unbranched alkanes of at least 4 members (excludes halogenated alkanes) is 7. The highest BCUT2D eigenvalue weighted by molar-refractivity contribution is 5.53. The molecule has 1 saturated heterocycles. The second-order valence-corrected chi connectivity index (χ2v) is 5.79. The Morgan fingerprint density at radius 2 is 1.50 bits per heavy atom. The smallest absolute Gasteiger partial charge is 0.123 e. The second kappa shape index (κ2) is 10.5. The van der Waals surface area contributed by atoms with Gasteiger partial charge >= 0.3 is 0 Å². The topological polar surface area (TPSA) is 20.3 Å². The molecule has 0 amide bonds. The number of hydrogen-bond donors (Lipinski definition) is 0. The summed E-state index contributed by atoms with van der Waals surface area (Å²) >= 11 is 0. The number of carbonyl (C=O) groups excluding carboxylic acids is 1. The van der Waals surface area contributed by atoms with Gasteiger partial charge in [-0.3, -0.25) is 0 Å².